The normalized spacial score (nSPS) is 14.6. The number of aliphatic carboxylic acids is 1. The minimum Gasteiger partial charge on any atom is -0.480 e. The fourth-order valence-electron chi connectivity index (χ4n) is 1.29. The minimum absolute atomic E-state index is 0.0317. The van der Waals surface area contributed by atoms with Gasteiger partial charge in [0.25, 0.3) is 0 Å². The van der Waals surface area contributed by atoms with Gasteiger partial charge in [-0.15, -0.1) is 0 Å². The van der Waals surface area contributed by atoms with E-state index in [0.29, 0.717) is 0 Å². The lowest BCUT2D eigenvalue weighted by molar-refractivity contribution is -0.139. The molecule has 82 valence electrons. The lowest BCUT2D eigenvalue weighted by Crippen LogP contribution is -2.35. The van der Waals surface area contributed by atoms with Crippen LogP contribution in [-0.2, 0) is 4.79 Å². The zero-order chi connectivity index (χ0) is 11.4. The molecule has 0 saturated heterocycles. The van der Waals surface area contributed by atoms with Crippen LogP contribution in [0.3, 0.4) is 0 Å². The van der Waals surface area contributed by atoms with E-state index in [4.69, 9.17) is 5.11 Å². The average Bonchev–Trinajstić information content (AvgIpc) is 2.18. The molecule has 0 amide bonds. The van der Waals surface area contributed by atoms with Gasteiger partial charge in [-0.05, 0) is 31.5 Å². The van der Waals surface area contributed by atoms with Crippen LogP contribution in [0.25, 0.3) is 0 Å². The van der Waals surface area contributed by atoms with E-state index < -0.39 is 12.0 Å². The quantitative estimate of drug-likeness (QED) is 0.885. The van der Waals surface area contributed by atoms with Gasteiger partial charge in [0.2, 0.25) is 0 Å². The summed E-state index contributed by atoms with van der Waals surface area (Å²) < 4.78 is 1.02. The number of carbonyl (C=O) groups is 1. The molecule has 0 aliphatic rings. The number of halogens is 1. The molecule has 1 aromatic carbocycles. The first-order valence-electron chi connectivity index (χ1n) is 4.75. The van der Waals surface area contributed by atoms with E-state index in [1.54, 1.807) is 6.92 Å². The van der Waals surface area contributed by atoms with E-state index in [9.17, 15) is 4.79 Å². The Morgan fingerprint density at radius 3 is 2.33 bits per heavy atom. The maximum absolute atomic E-state index is 10.7. The predicted octanol–water partition coefficient (Wildman–Crippen LogP) is 2.57. The van der Waals surface area contributed by atoms with Gasteiger partial charge in [-0.1, -0.05) is 28.1 Å². The number of hydrogen-bond donors (Lipinski definition) is 2. The van der Waals surface area contributed by atoms with E-state index in [1.165, 1.54) is 0 Å². The first kappa shape index (κ1) is 12.2. The van der Waals surface area contributed by atoms with Crippen molar-refractivity contribution in [3.8, 4) is 0 Å². The maximum atomic E-state index is 10.7. The van der Waals surface area contributed by atoms with Gasteiger partial charge in [0, 0.05) is 10.5 Å². The highest BCUT2D eigenvalue weighted by Gasteiger charge is 2.14. The molecule has 2 atom stereocenters. The summed E-state index contributed by atoms with van der Waals surface area (Å²) in [6, 6.07) is 7.32. The van der Waals surface area contributed by atoms with E-state index in [2.05, 4.69) is 21.2 Å². The third-order valence-electron chi connectivity index (χ3n) is 2.24. The molecule has 15 heavy (non-hydrogen) atoms. The van der Waals surface area contributed by atoms with Crippen LogP contribution in [0.2, 0.25) is 0 Å². The summed E-state index contributed by atoms with van der Waals surface area (Å²) in [5, 5.41) is 11.8. The van der Waals surface area contributed by atoms with Crippen molar-refractivity contribution in [2.24, 2.45) is 0 Å². The second-order valence-electron chi connectivity index (χ2n) is 3.50. The summed E-state index contributed by atoms with van der Waals surface area (Å²) in [5.74, 6) is -0.834. The summed E-state index contributed by atoms with van der Waals surface area (Å²) >= 11 is 3.35. The zero-order valence-electron chi connectivity index (χ0n) is 8.70. The van der Waals surface area contributed by atoms with Gasteiger partial charge >= 0.3 is 5.97 Å². The first-order valence-corrected chi connectivity index (χ1v) is 5.54. The molecule has 0 aliphatic carbocycles. The minimum atomic E-state index is -0.834. The molecular formula is C11H14BrNO2. The molecule has 1 unspecified atom stereocenters. The van der Waals surface area contributed by atoms with Crippen LogP contribution in [-0.4, -0.2) is 17.1 Å². The van der Waals surface area contributed by atoms with Crippen molar-refractivity contribution in [2.45, 2.75) is 25.9 Å². The summed E-state index contributed by atoms with van der Waals surface area (Å²) in [7, 11) is 0. The Labute approximate surface area is 97.6 Å². The highest BCUT2D eigenvalue weighted by atomic mass is 79.9. The molecule has 0 radical (unpaired) electrons. The molecule has 0 spiro atoms. The molecule has 0 fully saturated rings. The predicted molar refractivity (Wildman–Crippen MR) is 62.8 cm³/mol. The van der Waals surface area contributed by atoms with Crippen molar-refractivity contribution < 1.29 is 9.90 Å². The molecule has 4 heteroatoms. The number of carboxylic acids is 1. The summed E-state index contributed by atoms with van der Waals surface area (Å²) in [5.41, 5.74) is 1.08. The van der Waals surface area contributed by atoms with Crippen LogP contribution < -0.4 is 5.32 Å². The van der Waals surface area contributed by atoms with Gasteiger partial charge < -0.3 is 5.11 Å². The molecule has 0 saturated carbocycles. The van der Waals surface area contributed by atoms with Gasteiger partial charge in [-0.25, -0.2) is 0 Å². The SMILES string of the molecule is CC(N[C@H](C)c1ccc(Br)cc1)C(=O)O. The summed E-state index contributed by atoms with van der Waals surface area (Å²) in [4.78, 5) is 10.7. The zero-order valence-corrected chi connectivity index (χ0v) is 10.3. The van der Waals surface area contributed by atoms with Gasteiger partial charge in [0.15, 0.2) is 0 Å². The number of benzene rings is 1. The third kappa shape index (κ3) is 3.64. The summed E-state index contributed by atoms with van der Waals surface area (Å²) in [6.07, 6.45) is 0. The Hall–Kier alpha value is -0.870. The van der Waals surface area contributed by atoms with E-state index in [1.807, 2.05) is 31.2 Å². The highest BCUT2D eigenvalue weighted by molar-refractivity contribution is 9.10. The van der Waals surface area contributed by atoms with Crippen molar-refractivity contribution in [3.05, 3.63) is 34.3 Å². The van der Waals surface area contributed by atoms with Crippen LogP contribution in [0.4, 0.5) is 0 Å². The van der Waals surface area contributed by atoms with Crippen LogP contribution in [0, 0.1) is 0 Å². The van der Waals surface area contributed by atoms with Gasteiger partial charge in [-0.3, -0.25) is 10.1 Å². The molecule has 3 nitrogen and oxygen atoms in total. The number of nitrogens with one attached hydrogen (secondary N) is 1. The van der Waals surface area contributed by atoms with Crippen LogP contribution in [0.1, 0.15) is 25.5 Å². The largest absolute Gasteiger partial charge is 0.480 e. The van der Waals surface area contributed by atoms with Crippen molar-refractivity contribution in [1.82, 2.24) is 5.32 Å². The van der Waals surface area contributed by atoms with Crippen LogP contribution in [0.15, 0.2) is 28.7 Å². The fraction of sp³-hybridized carbons (Fsp3) is 0.364. The first-order chi connectivity index (χ1) is 7.00. The van der Waals surface area contributed by atoms with Crippen LogP contribution >= 0.6 is 15.9 Å². The Morgan fingerprint density at radius 2 is 1.87 bits per heavy atom. The lowest BCUT2D eigenvalue weighted by Gasteiger charge is -2.17. The fourth-order valence-corrected chi connectivity index (χ4v) is 1.56. The molecule has 0 aliphatic heterocycles. The topological polar surface area (TPSA) is 49.3 Å². The number of carboxylic acid groups (broad SMARTS) is 1. The Kier molecular flexibility index (Phi) is 4.29. The van der Waals surface area contributed by atoms with E-state index >= 15 is 0 Å². The Balaban J connectivity index is 2.64. The van der Waals surface area contributed by atoms with Crippen molar-refractivity contribution >= 4 is 21.9 Å². The van der Waals surface area contributed by atoms with E-state index in [-0.39, 0.29) is 6.04 Å². The van der Waals surface area contributed by atoms with Gasteiger partial charge in [-0.2, -0.15) is 0 Å². The monoisotopic (exact) mass is 271 g/mol. The van der Waals surface area contributed by atoms with E-state index in [0.717, 1.165) is 10.0 Å². The molecule has 1 aromatic rings. The van der Waals surface area contributed by atoms with Crippen molar-refractivity contribution in [1.29, 1.82) is 0 Å². The van der Waals surface area contributed by atoms with Gasteiger partial charge in [0.1, 0.15) is 6.04 Å². The second kappa shape index (κ2) is 5.28. The maximum Gasteiger partial charge on any atom is 0.320 e. The molecule has 0 aromatic heterocycles. The van der Waals surface area contributed by atoms with Crippen molar-refractivity contribution in [2.75, 3.05) is 0 Å². The molecule has 1 rings (SSSR count). The molecule has 0 heterocycles. The standard InChI is InChI=1S/C11H14BrNO2/c1-7(13-8(2)11(14)15)9-3-5-10(12)6-4-9/h3-8,13H,1-2H3,(H,14,15)/t7-,8?/m1/s1. The van der Waals surface area contributed by atoms with Gasteiger partial charge in [0.05, 0.1) is 0 Å². The highest BCUT2D eigenvalue weighted by Crippen LogP contribution is 2.16. The van der Waals surface area contributed by atoms with Crippen LogP contribution in [0.5, 0.6) is 0 Å². The third-order valence-corrected chi connectivity index (χ3v) is 2.77. The Bertz CT molecular complexity index is 337. The lowest BCUT2D eigenvalue weighted by atomic mass is 10.1. The summed E-state index contributed by atoms with van der Waals surface area (Å²) in [6.45, 7) is 3.58. The Morgan fingerprint density at radius 1 is 1.33 bits per heavy atom. The second-order valence-corrected chi connectivity index (χ2v) is 4.42. The molecule has 0 bridgehead atoms. The average molecular weight is 272 g/mol. The smallest absolute Gasteiger partial charge is 0.320 e. The van der Waals surface area contributed by atoms with Crippen molar-refractivity contribution in [3.63, 3.8) is 0 Å². The number of hydrogen-bond acceptors (Lipinski definition) is 2. The number of rotatable bonds is 4. The molecule has 2 N–H and O–H groups in total. The molecular weight excluding hydrogens is 258 g/mol.